The van der Waals surface area contributed by atoms with Crippen molar-refractivity contribution in [1.82, 2.24) is 19.9 Å². The van der Waals surface area contributed by atoms with Gasteiger partial charge in [0, 0.05) is 24.8 Å². The second-order valence-corrected chi connectivity index (χ2v) is 9.13. The summed E-state index contributed by atoms with van der Waals surface area (Å²) >= 11 is 12.4. The van der Waals surface area contributed by atoms with Crippen molar-refractivity contribution < 1.29 is 9.53 Å². The van der Waals surface area contributed by atoms with E-state index in [1.54, 1.807) is 6.20 Å². The molecule has 0 aliphatic carbocycles. The highest BCUT2D eigenvalue weighted by Gasteiger charge is 2.45. The molecule has 7 nitrogen and oxygen atoms in total. The molecule has 4 heterocycles. The van der Waals surface area contributed by atoms with Crippen LogP contribution in [0.25, 0.3) is 10.9 Å². The first-order chi connectivity index (χ1) is 13.1. The van der Waals surface area contributed by atoms with Crippen molar-refractivity contribution in [3.63, 3.8) is 0 Å². The Morgan fingerprint density at radius 3 is 2.43 bits per heavy atom. The van der Waals surface area contributed by atoms with E-state index in [-0.39, 0.29) is 23.5 Å². The molecule has 2 saturated heterocycles. The van der Waals surface area contributed by atoms with Crippen LogP contribution in [0.3, 0.4) is 0 Å². The van der Waals surface area contributed by atoms with Crippen LogP contribution in [-0.4, -0.2) is 56.7 Å². The number of aromatic nitrogens is 3. The summed E-state index contributed by atoms with van der Waals surface area (Å²) < 4.78 is 5.61. The average molecular weight is 424 g/mol. The molecule has 2 aromatic rings. The van der Waals surface area contributed by atoms with Crippen LogP contribution in [0.4, 0.5) is 10.6 Å². The van der Waals surface area contributed by atoms with Gasteiger partial charge >= 0.3 is 6.09 Å². The zero-order valence-electron chi connectivity index (χ0n) is 16.4. The van der Waals surface area contributed by atoms with Gasteiger partial charge in [-0.3, -0.25) is 4.90 Å². The smallest absolute Gasteiger partial charge is 0.410 e. The van der Waals surface area contributed by atoms with Crippen molar-refractivity contribution in [2.45, 2.75) is 58.2 Å². The van der Waals surface area contributed by atoms with Crippen LogP contribution in [0.1, 0.15) is 39.2 Å². The molecular weight excluding hydrogens is 401 g/mol. The molecule has 4 rings (SSSR count). The normalized spacial score (nSPS) is 22.1. The minimum atomic E-state index is -0.507. The van der Waals surface area contributed by atoms with Gasteiger partial charge in [0.05, 0.1) is 23.0 Å². The number of hydrogen-bond donors (Lipinski definition) is 0. The largest absolute Gasteiger partial charge is 0.444 e. The van der Waals surface area contributed by atoms with Crippen molar-refractivity contribution in [3.05, 3.63) is 22.2 Å². The van der Waals surface area contributed by atoms with Gasteiger partial charge in [-0.15, -0.1) is 0 Å². The highest BCUT2D eigenvalue weighted by atomic mass is 35.5. The number of halogens is 2. The van der Waals surface area contributed by atoms with Crippen molar-refractivity contribution >= 4 is 46.0 Å². The minimum Gasteiger partial charge on any atom is -0.444 e. The van der Waals surface area contributed by atoms with Gasteiger partial charge in [0.25, 0.3) is 0 Å². The van der Waals surface area contributed by atoms with Crippen LogP contribution in [-0.2, 0) is 4.74 Å². The number of aryl methyl sites for hydroxylation is 1. The predicted molar refractivity (Wildman–Crippen MR) is 109 cm³/mol. The fraction of sp³-hybridized carbons (Fsp3) is 0.579. The lowest BCUT2D eigenvalue weighted by Gasteiger charge is -2.42. The molecule has 2 atom stereocenters. The molecule has 9 heteroatoms. The second kappa shape index (κ2) is 6.88. The summed E-state index contributed by atoms with van der Waals surface area (Å²) in [5, 5.41) is 1.40. The van der Waals surface area contributed by atoms with Gasteiger partial charge < -0.3 is 9.64 Å². The summed E-state index contributed by atoms with van der Waals surface area (Å²) in [6.07, 6.45) is 3.34. The maximum absolute atomic E-state index is 12.7. The fourth-order valence-corrected chi connectivity index (χ4v) is 4.38. The number of fused-ring (bicyclic) bond motifs is 3. The van der Waals surface area contributed by atoms with Gasteiger partial charge in [0.15, 0.2) is 0 Å². The van der Waals surface area contributed by atoms with E-state index in [2.05, 4.69) is 19.9 Å². The summed E-state index contributed by atoms with van der Waals surface area (Å²) in [4.78, 5) is 29.8. The number of pyridine rings is 1. The first kappa shape index (κ1) is 19.5. The van der Waals surface area contributed by atoms with Gasteiger partial charge in [0.1, 0.15) is 16.6 Å². The van der Waals surface area contributed by atoms with Crippen LogP contribution in [0.5, 0.6) is 0 Å². The lowest BCUT2D eigenvalue weighted by Crippen LogP contribution is -2.57. The number of piperazine rings is 1. The molecule has 2 fully saturated rings. The summed E-state index contributed by atoms with van der Waals surface area (Å²) in [6, 6.07) is 0.164. The Labute approximate surface area is 174 Å². The van der Waals surface area contributed by atoms with Crippen LogP contribution < -0.4 is 4.90 Å². The Balaban J connectivity index is 1.65. The third kappa shape index (κ3) is 3.46. The Morgan fingerprint density at radius 2 is 1.82 bits per heavy atom. The summed E-state index contributed by atoms with van der Waals surface area (Å²) in [5.74, 6) is 0.739. The van der Waals surface area contributed by atoms with Gasteiger partial charge in [-0.05, 0) is 52.1 Å². The molecular formula is C19H23Cl2N5O2. The maximum atomic E-state index is 12.7. The quantitative estimate of drug-likeness (QED) is 0.504. The van der Waals surface area contributed by atoms with E-state index >= 15 is 0 Å². The van der Waals surface area contributed by atoms with E-state index in [0.717, 1.165) is 29.6 Å². The number of amides is 1. The molecule has 150 valence electrons. The molecule has 0 aromatic carbocycles. The van der Waals surface area contributed by atoms with E-state index in [1.165, 1.54) is 0 Å². The Bertz CT molecular complexity index is 932. The molecule has 0 radical (unpaired) electrons. The number of ether oxygens (including phenoxy) is 1. The van der Waals surface area contributed by atoms with E-state index in [4.69, 9.17) is 27.9 Å². The summed E-state index contributed by atoms with van der Waals surface area (Å²) in [5.41, 5.74) is 0.976. The Hall–Kier alpha value is -1.86. The molecule has 2 aromatic heterocycles. The third-order valence-corrected chi connectivity index (χ3v) is 5.81. The highest BCUT2D eigenvalue weighted by Crippen LogP contribution is 2.36. The molecule has 2 aliphatic rings. The lowest BCUT2D eigenvalue weighted by molar-refractivity contribution is 0.0123. The van der Waals surface area contributed by atoms with Crippen LogP contribution >= 0.6 is 23.2 Å². The fourth-order valence-electron chi connectivity index (χ4n) is 4.08. The molecule has 2 aliphatic heterocycles. The van der Waals surface area contributed by atoms with E-state index in [0.29, 0.717) is 23.8 Å². The monoisotopic (exact) mass is 423 g/mol. The molecule has 28 heavy (non-hydrogen) atoms. The lowest BCUT2D eigenvalue weighted by atomic mass is 10.1. The second-order valence-electron chi connectivity index (χ2n) is 8.43. The van der Waals surface area contributed by atoms with Crippen molar-refractivity contribution in [2.75, 3.05) is 18.0 Å². The highest BCUT2D eigenvalue weighted by molar-refractivity contribution is 6.31. The van der Waals surface area contributed by atoms with Gasteiger partial charge in [-0.25, -0.2) is 14.8 Å². The molecule has 0 unspecified atom stereocenters. The van der Waals surface area contributed by atoms with Gasteiger partial charge in [-0.2, -0.15) is 4.98 Å². The van der Waals surface area contributed by atoms with E-state index in [1.807, 2.05) is 32.6 Å². The first-order valence-electron chi connectivity index (χ1n) is 9.38. The first-order valence-corrected chi connectivity index (χ1v) is 10.1. The molecule has 0 N–H and O–H groups in total. The minimum absolute atomic E-state index is 0.0822. The molecule has 1 amide bonds. The Morgan fingerprint density at radius 1 is 1.18 bits per heavy atom. The number of rotatable bonds is 1. The predicted octanol–water partition coefficient (Wildman–Crippen LogP) is 4.23. The number of hydrogen-bond acceptors (Lipinski definition) is 6. The summed E-state index contributed by atoms with van der Waals surface area (Å²) in [7, 11) is 0. The van der Waals surface area contributed by atoms with Crippen molar-refractivity contribution in [3.8, 4) is 0 Å². The van der Waals surface area contributed by atoms with Gasteiger partial charge in [0.2, 0.25) is 5.28 Å². The third-order valence-electron chi connectivity index (χ3n) is 5.26. The number of nitrogens with zero attached hydrogens (tertiary/aromatic N) is 5. The zero-order chi connectivity index (χ0) is 20.2. The summed E-state index contributed by atoms with van der Waals surface area (Å²) in [6.45, 7) is 8.87. The molecule has 0 spiro atoms. The number of carbonyl (C=O) groups is 1. The van der Waals surface area contributed by atoms with Crippen LogP contribution in [0.15, 0.2) is 6.20 Å². The molecule has 0 saturated carbocycles. The van der Waals surface area contributed by atoms with Crippen molar-refractivity contribution in [2.24, 2.45) is 0 Å². The SMILES string of the molecule is Cc1c(Cl)ncc2c(N3C[C@H]4CC[C@@H](C3)N4C(=O)OC(C)(C)C)nc(Cl)nc12. The van der Waals surface area contributed by atoms with Crippen LogP contribution in [0, 0.1) is 6.92 Å². The van der Waals surface area contributed by atoms with Crippen LogP contribution in [0.2, 0.25) is 10.4 Å². The number of anilines is 1. The average Bonchev–Trinajstić information content (AvgIpc) is 2.87. The number of carbonyl (C=O) groups excluding carboxylic acids is 1. The van der Waals surface area contributed by atoms with Gasteiger partial charge in [-0.1, -0.05) is 11.6 Å². The zero-order valence-corrected chi connectivity index (χ0v) is 17.9. The van der Waals surface area contributed by atoms with E-state index in [9.17, 15) is 4.79 Å². The Kier molecular flexibility index (Phi) is 4.78. The maximum Gasteiger partial charge on any atom is 0.410 e. The standard InChI is InChI=1S/C19H23Cl2N5O2/c1-10-14-13(7-22-15(10)20)16(24-17(21)23-14)25-8-11-5-6-12(9-25)26(11)18(27)28-19(2,3)4/h7,11-12H,5-6,8-9H2,1-4H3/t11-,12+. The molecule has 2 bridgehead atoms. The van der Waals surface area contributed by atoms with Crippen molar-refractivity contribution in [1.29, 1.82) is 0 Å². The van der Waals surface area contributed by atoms with E-state index < -0.39 is 5.60 Å². The topological polar surface area (TPSA) is 71.5 Å².